The van der Waals surface area contributed by atoms with Gasteiger partial charge in [-0.05, 0) is 41.8 Å². The van der Waals surface area contributed by atoms with E-state index in [0.29, 0.717) is 27.6 Å². The summed E-state index contributed by atoms with van der Waals surface area (Å²) in [6.45, 7) is 0. The highest BCUT2D eigenvalue weighted by Gasteiger charge is 2.16. The van der Waals surface area contributed by atoms with Gasteiger partial charge in [0.2, 0.25) is 10.0 Å². The van der Waals surface area contributed by atoms with Crippen LogP contribution in [0.1, 0.15) is 9.67 Å². The van der Waals surface area contributed by atoms with E-state index < -0.39 is 10.0 Å². The molecule has 4 rings (SSSR count). The number of aromatic nitrogens is 2. The van der Waals surface area contributed by atoms with Crippen LogP contribution in [0, 0.1) is 5.82 Å². The first-order valence-electron chi connectivity index (χ1n) is 8.81. The van der Waals surface area contributed by atoms with Crippen molar-refractivity contribution in [3.05, 3.63) is 65.3 Å². The van der Waals surface area contributed by atoms with Gasteiger partial charge in [-0.1, -0.05) is 12.1 Å². The highest BCUT2D eigenvalue weighted by molar-refractivity contribution is 7.92. The molecule has 0 aliphatic carbocycles. The number of carbonyl (C=O) groups excluding carboxylic acids is 1. The van der Waals surface area contributed by atoms with Gasteiger partial charge >= 0.3 is 0 Å². The van der Waals surface area contributed by atoms with E-state index >= 15 is 0 Å². The van der Waals surface area contributed by atoms with Crippen LogP contribution >= 0.6 is 11.3 Å². The quantitative estimate of drug-likeness (QED) is 0.485. The number of rotatable bonds is 5. The number of nitrogens with one attached hydrogen (secondary N) is 2. The van der Waals surface area contributed by atoms with Gasteiger partial charge in [0.1, 0.15) is 5.82 Å². The maximum Gasteiger partial charge on any atom is 0.266 e. The van der Waals surface area contributed by atoms with Crippen LogP contribution in [0.2, 0.25) is 0 Å². The number of amides is 1. The lowest BCUT2D eigenvalue weighted by Gasteiger charge is -2.16. The van der Waals surface area contributed by atoms with Gasteiger partial charge in [-0.2, -0.15) is 5.10 Å². The molecule has 2 aromatic carbocycles. The number of nitrogens with zero attached hydrogens (tertiary/aromatic N) is 2. The number of thiophene rings is 1. The fraction of sp³-hybridized carbons (Fsp3) is 0.100. The minimum absolute atomic E-state index is 0.314. The first-order valence-corrected chi connectivity index (χ1v) is 11.5. The summed E-state index contributed by atoms with van der Waals surface area (Å²) in [5.41, 5.74) is 1.71. The maximum absolute atomic E-state index is 13.4. The molecular formula is C20H17FN4O3S2. The number of halogens is 1. The molecule has 2 heterocycles. The zero-order valence-corrected chi connectivity index (χ0v) is 17.6. The molecule has 0 saturated carbocycles. The monoisotopic (exact) mass is 444 g/mol. The fourth-order valence-electron chi connectivity index (χ4n) is 2.90. The van der Waals surface area contributed by atoms with Crippen LogP contribution in [0.4, 0.5) is 15.9 Å². The van der Waals surface area contributed by atoms with E-state index in [4.69, 9.17) is 0 Å². The molecule has 2 N–H and O–H groups in total. The number of benzene rings is 2. The van der Waals surface area contributed by atoms with Crippen LogP contribution in [-0.4, -0.2) is 37.8 Å². The molecule has 0 radical (unpaired) electrons. The van der Waals surface area contributed by atoms with Gasteiger partial charge in [0.05, 0.1) is 22.5 Å². The number of fused-ring (bicyclic) bond motifs is 1. The minimum Gasteiger partial charge on any atom is -0.304 e. The van der Waals surface area contributed by atoms with Gasteiger partial charge in [0, 0.05) is 23.4 Å². The van der Waals surface area contributed by atoms with Crippen molar-refractivity contribution in [2.45, 2.75) is 0 Å². The molecule has 10 heteroatoms. The maximum atomic E-state index is 13.4. The van der Waals surface area contributed by atoms with Crippen molar-refractivity contribution in [1.82, 2.24) is 10.2 Å². The third-order valence-corrected chi connectivity index (χ3v) is 6.86. The first kappa shape index (κ1) is 20.0. The van der Waals surface area contributed by atoms with Crippen LogP contribution in [0.5, 0.6) is 0 Å². The molecule has 4 aromatic rings. The van der Waals surface area contributed by atoms with Crippen molar-refractivity contribution < 1.29 is 17.6 Å². The summed E-state index contributed by atoms with van der Waals surface area (Å²) in [7, 11) is -1.90. The standard InChI is InChI=1S/C20H17FN4O3S2/c1-25(30(2,27)28)15-6-7-17-13(9-15)10-18(29-17)20(26)22-19-11-16(23-24-19)12-4-3-5-14(21)8-12/h3-11H,1-2H3,(H2,22,23,24,26). The van der Waals surface area contributed by atoms with Crippen LogP contribution in [-0.2, 0) is 10.0 Å². The second-order valence-electron chi connectivity index (χ2n) is 6.69. The molecule has 30 heavy (non-hydrogen) atoms. The summed E-state index contributed by atoms with van der Waals surface area (Å²) in [4.78, 5) is 13.1. The Morgan fingerprint density at radius 2 is 1.97 bits per heavy atom. The Morgan fingerprint density at radius 1 is 1.17 bits per heavy atom. The SMILES string of the molecule is CN(c1ccc2sc(C(=O)Nc3cc(-c4cccc(F)c4)[nH]n3)cc2c1)S(C)(=O)=O. The zero-order valence-electron chi connectivity index (χ0n) is 16.0. The molecule has 0 fully saturated rings. The number of hydrogen-bond acceptors (Lipinski definition) is 5. The van der Waals surface area contributed by atoms with Gasteiger partial charge < -0.3 is 5.32 Å². The van der Waals surface area contributed by atoms with Crippen molar-refractivity contribution in [2.24, 2.45) is 0 Å². The van der Waals surface area contributed by atoms with E-state index in [9.17, 15) is 17.6 Å². The summed E-state index contributed by atoms with van der Waals surface area (Å²) < 4.78 is 38.9. The zero-order chi connectivity index (χ0) is 21.5. The van der Waals surface area contributed by atoms with Crippen LogP contribution in [0.3, 0.4) is 0 Å². The van der Waals surface area contributed by atoms with Crippen molar-refractivity contribution in [3.8, 4) is 11.3 Å². The summed E-state index contributed by atoms with van der Waals surface area (Å²) >= 11 is 1.29. The summed E-state index contributed by atoms with van der Waals surface area (Å²) in [6, 6.07) is 14.6. The van der Waals surface area contributed by atoms with E-state index in [2.05, 4.69) is 15.5 Å². The molecule has 0 atom stereocenters. The molecule has 0 spiro atoms. The number of hydrogen-bond donors (Lipinski definition) is 2. The molecule has 1 amide bonds. The lowest BCUT2D eigenvalue weighted by molar-refractivity contribution is 0.103. The average Bonchev–Trinajstić information content (AvgIpc) is 3.33. The highest BCUT2D eigenvalue weighted by Crippen LogP contribution is 2.30. The Hall–Kier alpha value is -3.24. The number of aromatic amines is 1. The molecule has 7 nitrogen and oxygen atoms in total. The third-order valence-electron chi connectivity index (χ3n) is 4.54. The Bertz CT molecular complexity index is 1360. The second-order valence-corrected chi connectivity index (χ2v) is 9.79. The van der Waals surface area contributed by atoms with Gasteiger partial charge in [-0.15, -0.1) is 11.3 Å². The largest absolute Gasteiger partial charge is 0.304 e. The molecule has 154 valence electrons. The minimum atomic E-state index is -3.38. The predicted molar refractivity (Wildman–Crippen MR) is 117 cm³/mol. The predicted octanol–water partition coefficient (Wildman–Crippen LogP) is 4.08. The summed E-state index contributed by atoms with van der Waals surface area (Å²) in [5, 5.41) is 10.3. The second kappa shape index (κ2) is 7.54. The van der Waals surface area contributed by atoms with Crippen molar-refractivity contribution >= 4 is 48.9 Å². The lowest BCUT2D eigenvalue weighted by atomic mass is 10.1. The van der Waals surface area contributed by atoms with E-state index in [-0.39, 0.29) is 11.7 Å². The van der Waals surface area contributed by atoms with Crippen LogP contribution < -0.4 is 9.62 Å². The van der Waals surface area contributed by atoms with Gasteiger partial charge in [-0.25, -0.2) is 12.8 Å². The molecular weight excluding hydrogens is 427 g/mol. The van der Waals surface area contributed by atoms with Crippen molar-refractivity contribution in [1.29, 1.82) is 0 Å². The first-order chi connectivity index (χ1) is 14.2. The van der Waals surface area contributed by atoms with Crippen LogP contribution in [0.15, 0.2) is 54.6 Å². The smallest absolute Gasteiger partial charge is 0.266 e. The normalized spacial score (nSPS) is 11.6. The molecule has 0 bridgehead atoms. The van der Waals surface area contributed by atoms with Gasteiger partial charge in [0.25, 0.3) is 5.91 Å². The topological polar surface area (TPSA) is 95.2 Å². The van der Waals surface area contributed by atoms with E-state index in [1.165, 1.54) is 34.8 Å². The Kier molecular flexibility index (Phi) is 5.04. The molecule has 0 unspecified atom stereocenters. The van der Waals surface area contributed by atoms with Gasteiger partial charge in [-0.3, -0.25) is 14.2 Å². The molecule has 2 aromatic heterocycles. The number of anilines is 2. The average molecular weight is 445 g/mol. The lowest BCUT2D eigenvalue weighted by Crippen LogP contribution is -2.24. The third kappa shape index (κ3) is 4.05. The van der Waals surface area contributed by atoms with Gasteiger partial charge in [0.15, 0.2) is 5.82 Å². The van der Waals surface area contributed by atoms with Crippen LogP contribution in [0.25, 0.3) is 21.3 Å². The van der Waals surface area contributed by atoms with E-state index in [1.54, 1.807) is 42.5 Å². The number of carbonyl (C=O) groups is 1. The summed E-state index contributed by atoms with van der Waals surface area (Å²) in [5.74, 6) is -0.389. The molecule has 0 aliphatic heterocycles. The molecule has 0 saturated heterocycles. The Labute approximate surface area is 176 Å². The number of sulfonamides is 1. The number of H-pyrrole nitrogens is 1. The Morgan fingerprint density at radius 3 is 2.70 bits per heavy atom. The fourth-order valence-corrected chi connectivity index (χ4v) is 4.33. The summed E-state index contributed by atoms with van der Waals surface area (Å²) in [6.07, 6.45) is 1.13. The molecule has 0 aliphatic rings. The van der Waals surface area contributed by atoms with E-state index in [0.717, 1.165) is 16.3 Å². The Balaban J connectivity index is 1.55. The highest BCUT2D eigenvalue weighted by atomic mass is 32.2. The van der Waals surface area contributed by atoms with Crippen molar-refractivity contribution in [3.63, 3.8) is 0 Å². The van der Waals surface area contributed by atoms with E-state index in [1.807, 2.05) is 0 Å². The van der Waals surface area contributed by atoms with Crippen molar-refractivity contribution in [2.75, 3.05) is 22.9 Å².